The van der Waals surface area contributed by atoms with Crippen LogP contribution in [0.15, 0.2) is 15.8 Å². The lowest BCUT2D eigenvalue weighted by Gasteiger charge is -2.06. The fourth-order valence-electron chi connectivity index (χ4n) is 1.60. The minimum atomic E-state index is -0.974. The zero-order valence-electron chi connectivity index (χ0n) is 10.3. The van der Waals surface area contributed by atoms with Gasteiger partial charge in [-0.3, -0.25) is 19.5 Å². The van der Waals surface area contributed by atoms with Crippen molar-refractivity contribution in [3.63, 3.8) is 0 Å². The van der Waals surface area contributed by atoms with E-state index in [4.69, 9.17) is 5.73 Å². The predicted molar refractivity (Wildman–Crippen MR) is 70.7 cm³/mol. The minimum absolute atomic E-state index is 0.189. The molecule has 0 unspecified atom stereocenters. The molecule has 0 aliphatic heterocycles. The number of nitrogens with two attached hydrogens (primary N) is 1. The van der Waals surface area contributed by atoms with Gasteiger partial charge >= 0.3 is 16.9 Å². The van der Waals surface area contributed by atoms with Crippen molar-refractivity contribution in [2.24, 2.45) is 0 Å². The van der Waals surface area contributed by atoms with Crippen molar-refractivity contribution in [1.82, 2.24) is 19.3 Å². The van der Waals surface area contributed by atoms with Crippen LogP contribution in [-0.2, 0) is 13.1 Å². The molecular weight excluding hydrogens is 288 g/mol. The molecule has 0 spiro atoms. The summed E-state index contributed by atoms with van der Waals surface area (Å²) in [6.45, 7) is 1.65. The van der Waals surface area contributed by atoms with E-state index in [1.807, 2.05) is 0 Å². The van der Waals surface area contributed by atoms with Crippen LogP contribution in [0, 0.1) is 10.1 Å². The summed E-state index contributed by atoms with van der Waals surface area (Å²) in [5, 5.41) is 18.6. The van der Waals surface area contributed by atoms with Crippen molar-refractivity contribution in [3.8, 4) is 0 Å². The highest BCUT2D eigenvalue weighted by Gasteiger charge is 2.20. The minimum Gasteiger partial charge on any atom is -0.374 e. The van der Waals surface area contributed by atoms with Crippen molar-refractivity contribution in [2.45, 2.75) is 20.0 Å². The zero-order chi connectivity index (χ0) is 14.9. The van der Waals surface area contributed by atoms with E-state index >= 15 is 0 Å². The van der Waals surface area contributed by atoms with Crippen LogP contribution in [0.1, 0.15) is 11.9 Å². The molecule has 2 N–H and O–H groups in total. The van der Waals surface area contributed by atoms with Crippen LogP contribution in [-0.4, -0.2) is 24.3 Å². The topological polar surface area (TPSA) is 139 Å². The molecule has 106 valence electrons. The number of hydrogen-bond acceptors (Lipinski definition) is 8. The zero-order valence-corrected chi connectivity index (χ0v) is 11.2. The third-order valence-corrected chi connectivity index (χ3v) is 3.27. The third-order valence-electron chi connectivity index (χ3n) is 2.53. The molecule has 2 rings (SSSR count). The maximum absolute atomic E-state index is 12.0. The maximum atomic E-state index is 12.0. The number of aryl methyl sites for hydroxylation is 1. The second-order valence-electron chi connectivity index (χ2n) is 3.77. The van der Waals surface area contributed by atoms with Crippen molar-refractivity contribution >= 4 is 22.2 Å². The first-order valence-electron chi connectivity index (χ1n) is 5.50. The van der Waals surface area contributed by atoms with Gasteiger partial charge in [-0.25, -0.2) is 9.36 Å². The fourth-order valence-corrected chi connectivity index (χ4v) is 2.19. The second-order valence-corrected chi connectivity index (χ2v) is 4.86. The third kappa shape index (κ3) is 2.42. The Labute approximate surface area is 115 Å². The fraction of sp³-hybridized carbons (Fsp3) is 0.333. The van der Waals surface area contributed by atoms with Crippen LogP contribution >= 0.6 is 11.3 Å². The smallest absolute Gasteiger partial charge is 0.350 e. The van der Waals surface area contributed by atoms with Crippen LogP contribution in [0.3, 0.4) is 0 Å². The number of anilines is 1. The Bertz CT molecular complexity index is 775. The lowest BCUT2D eigenvalue weighted by Crippen LogP contribution is -2.40. The van der Waals surface area contributed by atoms with E-state index in [-0.39, 0.29) is 18.2 Å². The Hall–Kier alpha value is -2.56. The molecule has 0 fully saturated rings. The van der Waals surface area contributed by atoms with Gasteiger partial charge in [0, 0.05) is 6.54 Å². The second kappa shape index (κ2) is 5.21. The van der Waals surface area contributed by atoms with Gasteiger partial charge in [-0.1, -0.05) is 11.3 Å². The van der Waals surface area contributed by atoms with E-state index in [1.165, 1.54) is 0 Å². The quantitative estimate of drug-likeness (QED) is 0.588. The summed E-state index contributed by atoms with van der Waals surface area (Å²) in [6, 6.07) is 0. The summed E-state index contributed by atoms with van der Waals surface area (Å²) in [7, 11) is 0. The van der Waals surface area contributed by atoms with Crippen molar-refractivity contribution in [3.05, 3.63) is 42.2 Å². The summed E-state index contributed by atoms with van der Waals surface area (Å²) < 4.78 is 1.84. The highest BCUT2D eigenvalue weighted by atomic mass is 32.1. The summed E-state index contributed by atoms with van der Waals surface area (Å²) in [5.74, 6) is 0. The van der Waals surface area contributed by atoms with E-state index in [0.717, 1.165) is 26.7 Å². The molecule has 0 saturated heterocycles. The Morgan fingerprint density at radius 2 is 2.15 bits per heavy atom. The van der Waals surface area contributed by atoms with Gasteiger partial charge in [0.2, 0.25) is 5.13 Å². The molecule has 0 atom stereocenters. The average molecular weight is 298 g/mol. The molecule has 10 nitrogen and oxygen atoms in total. The number of nitrogens with zero attached hydrogens (tertiary/aromatic N) is 5. The molecule has 0 radical (unpaired) electrons. The molecule has 0 amide bonds. The first-order valence-corrected chi connectivity index (χ1v) is 6.32. The number of nitro groups is 1. The highest BCUT2D eigenvalue weighted by Crippen LogP contribution is 2.11. The number of rotatable bonds is 4. The Kier molecular flexibility index (Phi) is 3.61. The van der Waals surface area contributed by atoms with Gasteiger partial charge in [-0.2, -0.15) is 0 Å². The highest BCUT2D eigenvalue weighted by molar-refractivity contribution is 7.15. The van der Waals surface area contributed by atoms with Gasteiger partial charge in [0.15, 0.2) is 0 Å². The Morgan fingerprint density at radius 3 is 2.65 bits per heavy atom. The Balaban J connectivity index is 2.61. The van der Waals surface area contributed by atoms with E-state index in [9.17, 15) is 19.7 Å². The van der Waals surface area contributed by atoms with Crippen LogP contribution in [0.25, 0.3) is 0 Å². The van der Waals surface area contributed by atoms with Gasteiger partial charge in [-0.15, -0.1) is 10.2 Å². The summed E-state index contributed by atoms with van der Waals surface area (Å²) in [4.78, 5) is 34.0. The first kappa shape index (κ1) is 13.9. The van der Waals surface area contributed by atoms with Crippen LogP contribution in [0.5, 0.6) is 0 Å². The van der Waals surface area contributed by atoms with E-state index in [1.54, 1.807) is 6.92 Å². The van der Waals surface area contributed by atoms with E-state index in [0.29, 0.717) is 5.01 Å². The maximum Gasteiger partial charge on any atom is 0.350 e. The van der Waals surface area contributed by atoms with Gasteiger partial charge < -0.3 is 5.73 Å². The van der Waals surface area contributed by atoms with Crippen LogP contribution in [0.4, 0.5) is 10.8 Å². The summed E-state index contributed by atoms with van der Waals surface area (Å²) >= 11 is 1.01. The first-order chi connectivity index (χ1) is 9.43. The molecule has 2 aromatic rings. The SMILES string of the molecule is CCn1cc([N+](=O)[O-])c(=O)n(Cc2nnc(N)s2)c1=O. The molecule has 0 aliphatic carbocycles. The lowest BCUT2D eigenvalue weighted by molar-refractivity contribution is -0.387. The molecule has 0 aromatic carbocycles. The monoisotopic (exact) mass is 298 g/mol. The normalized spacial score (nSPS) is 10.7. The average Bonchev–Trinajstić information content (AvgIpc) is 2.80. The van der Waals surface area contributed by atoms with Gasteiger partial charge in [0.05, 0.1) is 17.7 Å². The molecule has 2 aromatic heterocycles. The predicted octanol–water partition coefficient (Wildman–Crippen LogP) is -0.580. The largest absolute Gasteiger partial charge is 0.374 e. The van der Waals surface area contributed by atoms with Crippen molar-refractivity contribution < 1.29 is 4.92 Å². The van der Waals surface area contributed by atoms with Crippen molar-refractivity contribution in [2.75, 3.05) is 5.73 Å². The molecule has 2 heterocycles. The standard InChI is InChI=1S/C9H10N6O4S/c1-2-13-3-5(15(18)19)7(16)14(9(13)17)4-6-11-12-8(10)20-6/h3H,2,4H2,1H3,(H2,10,12). The number of aromatic nitrogens is 4. The lowest BCUT2D eigenvalue weighted by atomic mass is 10.5. The molecule has 11 heteroatoms. The van der Waals surface area contributed by atoms with Gasteiger partial charge in [0.1, 0.15) is 5.01 Å². The molecule has 20 heavy (non-hydrogen) atoms. The summed E-state index contributed by atoms with van der Waals surface area (Å²) in [5.41, 5.74) is 3.13. The molecule has 0 aliphatic rings. The number of nitrogen functional groups attached to an aromatic ring is 1. The Morgan fingerprint density at radius 1 is 1.45 bits per heavy atom. The van der Waals surface area contributed by atoms with E-state index in [2.05, 4.69) is 10.2 Å². The molecule has 0 saturated carbocycles. The van der Waals surface area contributed by atoms with Crippen LogP contribution in [0.2, 0.25) is 0 Å². The van der Waals surface area contributed by atoms with Crippen molar-refractivity contribution in [1.29, 1.82) is 0 Å². The van der Waals surface area contributed by atoms with Crippen LogP contribution < -0.4 is 17.0 Å². The number of hydrogen-bond donors (Lipinski definition) is 1. The summed E-state index contributed by atoms with van der Waals surface area (Å²) in [6.07, 6.45) is 0.940. The van der Waals surface area contributed by atoms with E-state index < -0.39 is 21.9 Å². The molecular formula is C9H10N6O4S. The van der Waals surface area contributed by atoms with Gasteiger partial charge in [0.25, 0.3) is 0 Å². The van der Waals surface area contributed by atoms with Gasteiger partial charge in [-0.05, 0) is 6.92 Å². The molecule has 0 bridgehead atoms.